The molecule has 2 atom stereocenters. The molecule has 5 N–H and O–H groups in total. The summed E-state index contributed by atoms with van der Waals surface area (Å²) in [4.78, 5) is 34.7. The first kappa shape index (κ1) is 25.1. The van der Waals surface area contributed by atoms with E-state index in [1.807, 2.05) is 24.3 Å². The number of nitrogens with one attached hydrogen (secondary N) is 3. The SMILES string of the molecule is COC1C=CC(Nc2ncc3c(n2)-c2ccc(C(=O)N[C@H]4CC[C@H](N)CC4)cc2NC(=O)C3)=CC1OC. The molecule has 10 nitrogen and oxygen atoms in total. The molecule has 2 aliphatic carbocycles. The summed E-state index contributed by atoms with van der Waals surface area (Å²) in [5.74, 6) is 0.0395. The third kappa shape index (κ3) is 5.56. The number of carbonyl (C=O) groups is 2. The number of anilines is 2. The number of rotatable bonds is 6. The van der Waals surface area contributed by atoms with Gasteiger partial charge < -0.3 is 31.2 Å². The van der Waals surface area contributed by atoms with Crippen LogP contribution in [0.25, 0.3) is 11.3 Å². The van der Waals surface area contributed by atoms with Gasteiger partial charge in [-0.1, -0.05) is 6.08 Å². The number of carbonyl (C=O) groups excluding carboxylic acids is 2. The van der Waals surface area contributed by atoms with Gasteiger partial charge in [0.1, 0.15) is 12.2 Å². The fourth-order valence-corrected chi connectivity index (χ4v) is 4.99. The molecule has 1 saturated carbocycles. The van der Waals surface area contributed by atoms with Gasteiger partial charge in [-0.2, -0.15) is 0 Å². The molecule has 0 radical (unpaired) electrons. The molecular weight excluding hydrogens is 472 g/mol. The lowest BCUT2D eigenvalue weighted by molar-refractivity contribution is -0.115. The van der Waals surface area contributed by atoms with Crippen molar-refractivity contribution in [3.8, 4) is 11.3 Å². The molecule has 2 aromatic rings. The first-order valence-electron chi connectivity index (χ1n) is 12.5. The lowest BCUT2D eigenvalue weighted by Gasteiger charge is -2.26. The van der Waals surface area contributed by atoms with E-state index in [0.29, 0.717) is 28.5 Å². The van der Waals surface area contributed by atoms with Gasteiger partial charge in [-0.15, -0.1) is 0 Å². The third-order valence-corrected chi connectivity index (χ3v) is 7.07. The largest absolute Gasteiger partial charge is 0.374 e. The summed E-state index contributed by atoms with van der Waals surface area (Å²) in [6.07, 6.45) is 10.7. The number of hydrogen-bond acceptors (Lipinski definition) is 8. The van der Waals surface area contributed by atoms with Crippen LogP contribution >= 0.6 is 0 Å². The van der Waals surface area contributed by atoms with Crippen LogP contribution in [0.4, 0.5) is 11.6 Å². The molecule has 1 aromatic carbocycles. The van der Waals surface area contributed by atoms with E-state index in [0.717, 1.165) is 36.9 Å². The van der Waals surface area contributed by atoms with Crippen LogP contribution in [0.3, 0.4) is 0 Å². The van der Waals surface area contributed by atoms with Crippen LogP contribution in [-0.4, -0.2) is 60.3 Å². The second-order valence-electron chi connectivity index (χ2n) is 9.64. The first-order chi connectivity index (χ1) is 17.9. The Morgan fingerprint density at radius 2 is 1.92 bits per heavy atom. The highest BCUT2D eigenvalue weighted by molar-refractivity contribution is 6.03. The van der Waals surface area contributed by atoms with Gasteiger partial charge in [0.2, 0.25) is 11.9 Å². The van der Waals surface area contributed by atoms with Gasteiger partial charge in [0.25, 0.3) is 5.91 Å². The molecule has 5 rings (SSSR count). The minimum Gasteiger partial charge on any atom is -0.374 e. The molecule has 2 amide bonds. The molecule has 37 heavy (non-hydrogen) atoms. The zero-order valence-corrected chi connectivity index (χ0v) is 21.0. The van der Waals surface area contributed by atoms with Crippen LogP contribution in [0.15, 0.2) is 48.3 Å². The van der Waals surface area contributed by atoms with Gasteiger partial charge in [0.15, 0.2) is 0 Å². The van der Waals surface area contributed by atoms with Crippen molar-refractivity contribution in [1.29, 1.82) is 0 Å². The van der Waals surface area contributed by atoms with Gasteiger partial charge in [-0.25, -0.2) is 9.97 Å². The topological polar surface area (TPSA) is 140 Å². The van der Waals surface area contributed by atoms with Crippen LogP contribution in [0.2, 0.25) is 0 Å². The molecule has 0 bridgehead atoms. The van der Waals surface area contributed by atoms with E-state index in [2.05, 4.69) is 20.9 Å². The van der Waals surface area contributed by atoms with Crippen LogP contribution in [-0.2, 0) is 20.7 Å². The predicted molar refractivity (Wildman–Crippen MR) is 140 cm³/mol. The quantitative estimate of drug-likeness (QED) is 0.470. The van der Waals surface area contributed by atoms with E-state index in [9.17, 15) is 9.59 Å². The Balaban J connectivity index is 1.39. The monoisotopic (exact) mass is 504 g/mol. The first-order valence-corrected chi connectivity index (χ1v) is 12.5. The minimum absolute atomic E-state index is 0.114. The Bertz CT molecular complexity index is 1250. The van der Waals surface area contributed by atoms with E-state index in [1.165, 1.54) is 0 Å². The summed E-state index contributed by atoms with van der Waals surface area (Å²) in [6.45, 7) is 0. The highest BCUT2D eigenvalue weighted by atomic mass is 16.5. The molecule has 0 saturated heterocycles. The number of amides is 2. The molecule has 1 fully saturated rings. The molecule has 2 unspecified atom stereocenters. The van der Waals surface area contributed by atoms with Crippen molar-refractivity contribution in [3.05, 3.63) is 59.4 Å². The van der Waals surface area contributed by atoms with Crippen LogP contribution in [0.5, 0.6) is 0 Å². The lowest BCUT2D eigenvalue weighted by Crippen LogP contribution is -2.40. The molecule has 3 aliphatic rings. The zero-order valence-electron chi connectivity index (χ0n) is 21.0. The normalized spacial score (nSPS) is 24.7. The van der Waals surface area contributed by atoms with E-state index >= 15 is 0 Å². The zero-order chi connectivity index (χ0) is 25.9. The molecular formula is C27H32N6O4. The van der Waals surface area contributed by atoms with E-state index in [1.54, 1.807) is 32.5 Å². The highest BCUT2D eigenvalue weighted by Gasteiger charge is 2.25. The standard InChI is InChI=1S/C27H32N6O4/c1-36-22-10-8-19(13-23(22)37-2)31-27-29-14-16-12-24(34)32-21-11-15(3-9-20(21)25(16)33-27)26(35)30-18-6-4-17(28)5-7-18/h3,8-11,13-14,17-18,22-23H,4-7,12,28H2,1-2H3,(H,30,35)(H,32,34)(H,29,31,33)/t17-,18-,22?,23?. The Morgan fingerprint density at radius 3 is 2.68 bits per heavy atom. The van der Waals surface area contributed by atoms with E-state index in [4.69, 9.17) is 20.2 Å². The van der Waals surface area contributed by atoms with Gasteiger partial charge in [-0.05, 0) is 56.0 Å². The van der Waals surface area contributed by atoms with Crippen LogP contribution in [0, 0.1) is 0 Å². The third-order valence-electron chi connectivity index (χ3n) is 7.07. The number of nitrogens with two attached hydrogens (primary N) is 1. The number of ether oxygens (including phenoxy) is 2. The number of methoxy groups -OCH3 is 2. The van der Waals surface area contributed by atoms with Crippen molar-refractivity contribution >= 4 is 23.5 Å². The molecule has 0 spiro atoms. The lowest BCUT2D eigenvalue weighted by atomic mass is 9.91. The summed E-state index contributed by atoms with van der Waals surface area (Å²) < 4.78 is 10.9. The number of hydrogen-bond donors (Lipinski definition) is 4. The Morgan fingerprint density at radius 1 is 1.14 bits per heavy atom. The predicted octanol–water partition coefficient (Wildman–Crippen LogP) is 2.53. The number of nitrogens with zero attached hydrogens (tertiary/aromatic N) is 2. The van der Waals surface area contributed by atoms with Crippen molar-refractivity contribution in [2.24, 2.45) is 5.73 Å². The number of benzene rings is 1. The van der Waals surface area contributed by atoms with Crippen molar-refractivity contribution in [1.82, 2.24) is 15.3 Å². The fourth-order valence-electron chi connectivity index (χ4n) is 4.99. The number of allylic oxidation sites excluding steroid dienone is 1. The second-order valence-corrected chi connectivity index (χ2v) is 9.64. The average Bonchev–Trinajstić information content (AvgIpc) is 3.04. The van der Waals surface area contributed by atoms with Gasteiger partial charge in [0, 0.05) is 54.9 Å². The summed E-state index contributed by atoms with van der Waals surface area (Å²) in [6, 6.07) is 5.63. The summed E-state index contributed by atoms with van der Waals surface area (Å²) in [5, 5.41) is 9.25. The number of aromatic nitrogens is 2. The summed E-state index contributed by atoms with van der Waals surface area (Å²) in [7, 11) is 3.26. The maximum Gasteiger partial charge on any atom is 0.251 e. The van der Waals surface area contributed by atoms with Gasteiger partial charge in [0.05, 0.1) is 17.8 Å². The average molecular weight is 505 g/mol. The van der Waals surface area contributed by atoms with E-state index in [-0.39, 0.29) is 42.5 Å². The Hall–Kier alpha value is -3.60. The van der Waals surface area contributed by atoms with Crippen molar-refractivity contribution < 1.29 is 19.1 Å². The van der Waals surface area contributed by atoms with Crippen molar-refractivity contribution in [3.63, 3.8) is 0 Å². The highest BCUT2D eigenvalue weighted by Crippen LogP contribution is 2.34. The van der Waals surface area contributed by atoms with E-state index < -0.39 is 0 Å². The van der Waals surface area contributed by atoms with Crippen LogP contribution < -0.4 is 21.7 Å². The molecule has 1 aromatic heterocycles. The molecule has 194 valence electrons. The maximum atomic E-state index is 12.9. The summed E-state index contributed by atoms with van der Waals surface area (Å²) in [5.41, 5.74) is 9.87. The maximum absolute atomic E-state index is 12.9. The van der Waals surface area contributed by atoms with Gasteiger partial charge >= 0.3 is 0 Å². The van der Waals surface area contributed by atoms with Crippen molar-refractivity contribution in [2.45, 2.75) is 56.4 Å². The summed E-state index contributed by atoms with van der Waals surface area (Å²) >= 11 is 0. The van der Waals surface area contributed by atoms with Crippen molar-refractivity contribution in [2.75, 3.05) is 24.9 Å². The van der Waals surface area contributed by atoms with Gasteiger partial charge in [-0.3, -0.25) is 9.59 Å². The second kappa shape index (κ2) is 10.8. The van der Waals surface area contributed by atoms with Crippen LogP contribution in [0.1, 0.15) is 41.6 Å². The molecule has 10 heteroatoms. The number of fused-ring (bicyclic) bond motifs is 3. The smallest absolute Gasteiger partial charge is 0.251 e. The fraction of sp³-hybridized carbons (Fsp3) is 0.407. The molecule has 1 aliphatic heterocycles. The Kier molecular flexibility index (Phi) is 7.31. The molecule has 2 heterocycles. The minimum atomic E-state index is -0.240. The Labute approximate surface area is 215 Å².